The van der Waals surface area contributed by atoms with Gasteiger partial charge in [0.1, 0.15) is 0 Å². The summed E-state index contributed by atoms with van der Waals surface area (Å²) in [6, 6.07) is 109. The maximum Gasteiger partial charge on any atom is 0.179 e. The van der Waals surface area contributed by atoms with Crippen molar-refractivity contribution in [3.8, 4) is 55.6 Å². The van der Waals surface area contributed by atoms with Crippen LogP contribution in [0.5, 0.6) is 0 Å². The monoisotopic (exact) mass is 964 g/mol. The second-order valence-electron chi connectivity index (χ2n) is 20.3. The van der Waals surface area contributed by atoms with Crippen LogP contribution in [0.3, 0.4) is 0 Å². The van der Waals surface area contributed by atoms with E-state index in [1.165, 1.54) is 141 Å². The first-order valence-electron chi connectivity index (χ1n) is 26.1. The average Bonchev–Trinajstić information content (AvgIpc) is 3.52. The number of benzene rings is 15. The molecule has 0 aliphatic rings. The Bertz CT molecular complexity index is 4240. The first-order valence-corrected chi connectivity index (χ1v) is 28.1. The fourth-order valence-electron chi connectivity index (χ4n) is 12.8. The molecule has 0 amide bonds. The van der Waals surface area contributed by atoms with Crippen LogP contribution in [0.15, 0.2) is 291 Å². The second-order valence-corrected chi connectivity index (χ2v) is 24.1. The van der Waals surface area contributed by atoms with Gasteiger partial charge in [-0.3, -0.25) is 0 Å². The summed E-state index contributed by atoms with van der Waals surface area (Å²) >= 11 is 0. The molecule has 0 aliphatic heterocycles. The molecule has 0 fully saturated rings. The first-order chi connectivity index (χ1) is 37.2. The second kappa shape index (κ2) is 17.4. The van der Waals surface area contributed by atoms with Crippen molar-refractivity contribution in [3.05, 3.63) is 291 Å². The highest BCUT2D eigenvalue weighted by Gasteiger charge is 2.41. The van der Waals surface area contributed by atoms with Crippen LogP contribution in [0.1, 0.15) is 0 Å². The van der Waals surface area contributed by atoms with Gasteiger partial charge in [-0.15, -0.1) is 0 Å². The van der Waals surface area contributed by atoms with Crippen LogP contribution >= 0.6 is 0 Å². The summed E-state index contributed by atoms with van der Waals surface area (Å²) < 4.78 is 0. The maximum absolute atomic E-state index is 2.69. The summed E-state index contributed by atoms with van der Waals surface area (Å²) in [7, 11) is -2.69. The van der Waals surface area contributed by atoms with E-state index >= 15 is 0 Å². The Kier molecular flexibility index (Phi) is 10.0. The molecule has 0 heterocycles. The van der Waals surface area contributed by atoms with Gasteiger partial charge < -0.3 is 0 Å². The van der Waals surface area contributed by atoms with E-state index < -0.39 is 8.07 Å². The zero-order valence-corrected chi connectivity index (χ0v) is 42.2. The van der Waals surface area contributed by atoms with Crippen LogP contribution < -0.4 is 20.7 Å². The molecular weight excluding hydrogens is 917 g/mol. The van der Waals surface area contributed by atoms with Gasteiger partial charge in [-0.2, -0.15) is 0 Å². The SMILES string of the molecule is c1ccc([Si](c2ccccc2)(c2ccccc2)c2ccc(-c3cc(-c4ccc(-c5ccc6ccc7cccc8ccc5c6c78)cc4)cc(-c4ccc(-c5ccc6ccc7cccc8ccc5c6c78)cc4)c3)cc2)cc1. The van der Waals surface area contributed by atoms with Crippen LogP contribution in [0.25, 0.3) is 120 Å². The lowest BCUT2D eigenvalue weighted by atomic mass is 9.88. The van der Waals surface area contributed by atoms with E-state index in [1.807, 2.05) is 0 Å². The van der Waals surface area contributed by atoms with E-state index in [1.54, 1.807) is 0 Å². The zero-order chi connectivity index (χ0) is 49.5. The molecule has 0 unspecified atom stereocenters. The van der Waals surface area contributed by atoms with Crippen molar-refractivity contribution in [2.45, 2.75) is 0 Å². The van der Waals surface area contributed by atoms with Crippen molar-refractivity contribution in [1.29, 1.82) is 0 Å². The summed E-state index contributed by atoms with van der Waals surface area (Å²) in [4.78, 5) is 0. The fourth-order valence-corrected chi connectivity index (χ4v) is 17.5. The Morgan fingerprint density at radius 1 is 0.173 bits per heavy atom. The molecule has 0 atom stereocenters. The quantitative estimate of drug-likeness (QED) is 0.0768. The average molecular weight is 965 g/mol. The smallest absolute Gasteiger partial charge is 0.0623 e. The van der Waals surface area contributed by atoms with Gasteiger partial charge in [0.25, 0.3) is 0 Å². The Labute approximate surface area is 437 Å². The van der Waals surface area contributed by atoms with Crippen molar-refractivity contribution < 1.29 is 0 Å². The van der Waals surface area contributed by atoms with Gasteiger partial charge in [0.15, 0.2) is 8.07 Å². The van der Waals surface area contributed by atoms with Crippen LogP contribution in [0, 0.1) is 0 Å². The summed E-state index contributed by atoms with van der Waals surface area (Å²) in [5.74, 6) is 0. The fraction of sp³-hybridized carbons (Fsp3) is 0. The van der Waals surface area contributed by atoms with Crippen molar-refractivity contribution >= 4 is 93.5 Å². The van der Waals surface area contributed by atoms with Gasteiger partial charge in [0.2, 0.25) is 0 Å². The summed E-state index contributed by atoms with van der Waals surface area (Å²) in [5.41, 5.74) is 12.1. The Balaban J connectivity index is 0.859. The molecule has 0 bridgehead atoms. The summed E-state index contributed by atoms with van der Waals surface area (Å²) in [6.45, 7) is 0. The van der Waals surface area contributed by atoms with Gasteiger partial charge in [-0.05, 0) is 159 Å². The van der Waals surface area contributed by atoms with E-state index in [9.17, 15) is 0 Å². The van der Waals surface area contributed by atoms with E-state index in [-0.39, 0.29) is 0 Å². The van der Waals surface area contributed by atoms with Crippen molar-refractivity contribution in [2.75, 3.05) is 0 Å². The summed E-state index contributed by atoms with van der Waals surface area (Å²) in [6.07, 6.45) is 0. The minimum absolute atomic E-state index is 1.19. The molecule has 0 aliphatic carbocycles. The van der Waals surface area contributed by atoms with Gasteiger partial charge >= 0.3 is 0 Å². The Morgan fingerprint density at radius 3 is 0.813 bits per heavy atom. The molecule has 0 nitrogen and oxygen atoms in total. The van der Waals surface area contributed by atoms with E-state index in [2.05, 4.69) is 291 Å². The molecule has 0 spiro atoms. The van der Waals surface area contributed by atoms with Crippen molar-refractivity contribution in [1.82, 2.24) is 0 Å². The van der Waals surface area contributed by atoms with Gasteiger partial charge in [0, 0.05) is 0 Å². The van der Waals surface area contributed by atoms with E-state index in [4.69, 9.17) is 0 Å². The Morgan fingerprint density at radius 2 is 0.453 bits per heavy atom. The predicted molar refractivity (Wildman–Crippen MR) is 325 cm³/mol. The van der Waals surface area contributed by atoms with Crippen LogP contribution in [-0.4, -0.2) is 8.07 Å². The molecule has 0 N–H and O–H groups in total. The van der Waals surface area contributed by atoms with Crippen molar-refractivity contribution in [2.24, 2.45) is 0 Å². The third-order valence-electron chi connectivity index (χ3n) is 16.3. The highest BCUT2D eigenvalue weighted by Crippen LogP contribution is 2.42. The zero-order valence-electron chi connectivity index (χ0n) is 41.2. The number of rotatable bonds is 9. The molecule has 0 aromatic heterocycles. The van der Waals surface area contributed by atoms with Crippen LogP contribution in [0.4, 0.5) is 0 Å². The molecule has 75 heavy (non-hydrogen) atoms. The summed E-state index contributed by atoms with van der Waals surface area (Å²) in [5, 5.41) is 21.2. The van der Waals surface area contributed by atoms with Crippen LogP contribution in [-0.2, 0) is 0 Å². The third kappa shape index (κ3) is 6.97. The normalized spacial score (nSPS) is 12.0. The molecule has 15 aromatic carbocycles. The molecule has 0 saturated heterocycles. The molecule has 15 aromatic rings. The molecular formula is C74H48Si. The van der Waals surface area contributed by atoms with Gasteiger partial charge in [-0.25, -0.2) is 0 Å². The number of hydrogen-bond acceptors (Lipinski definition) is 0. The topological polar surface area (TPSA) is 0 Å². The standard InChI is InChI=1S/C74H48Si/c1-4-16-63(17-5-1)75(64-18-6-2-7-19-64,65-20-8-3-9-21-65)66-40-34-51(35-41-66)62-47-60(49-22-26-52(27-23-49)67-42-36-58-32-30-54-12-10-14-56-38-44-69(67)73(58)71(54)56)46-61(48-62)50-24-28-53(29-25-50)68-43-37-59-33-31-55-13-11-15-57-39-45-70(68)74(59)72(55)57/h1-48H. The van der Waals surface area contributed by atoms with E-state index in [0.29, 0.717) is 0 Å². The molecule has 0 saturated carbocycles. The maximum atomic E-state index is 2.41. The van der Waals surface area contributed by atoms with Crippen LogP contribution in [0.2, 0.25) is 0 Å². The van der Waals surface area contributed by atoms with Crippen molar-refractivity contribution in [3.63, 3.8) is 0 Å². The highest BCUT2D eigenvalue weighted by atomic mass is 28.3. The third-order valence-corrected chi connectivity index (χ3v) is 21.1. The lowest BCUT2D eigenvalue weighted by Gasteiger charge is -2.34. The number of hydrogen-bond donors (Lipinski definition) is 0. The lowest BCUT2D eigenvalue weighted by Crippen LogP contribution is -2.74. The van der Waals surface area contributed by atoms with Gasteiger partial charge in [-0.1, -0.05) is 273 Å². The predicted octanol–water partition coefficient (Wildman–Crippen LogP) is 17.2. The lowest BCUT2D eigenvalue weighted by molar-refractivity contribution is 1.56. The minimum Gasteiger partial charge on any atom is -0.0623 e. The molecule has 15 rings (SSSR count). The van der Waals surface area contributed by atoms with E-state index in [0.717, 1.165) is 0 Å². The molecule has 0 radical (unpaired) electrons. The Hall–Kier alpha value is -9.40. The molecule has 1 heteroatoms. The van der Waals surface area contributed by atoms with Gasteiger partial charge in [0.05, 0.1) is 0 Å². The first kappa shape index (κ1) is 43.2. The minimum atomic E-state index is -2.69. The largest absolute Gasteiger partial charge is 0.179 e. The molecule has 348 valence electrons. The highest BCUT2D eigenvalue weighted by molar-refractivity contribution is 7.19.